The summed E-state index contributed by atoms with van der Waals surface area (Å²) in [6, 6.07) is 6.36. The van der Waals surface area contributed by atoms with Gasteiger partial charge in [-0.2, -0.15) is 9.61 Å². The number of hydrogen-bond donors (Lipinski definition) is 5. The molecule has 12 heteroatoms. The number of amides is 3. The molecule has 3 aromatic rings. The molecule has 3 aliphatic rings. The Kier molecular flexibility index (Phi) is 6.24. The van der Waals surface area contributed by atoms with Gasteiger partial charge < -0.3 is 21.3 Å². The van der Waals surface area contributed by atoms with Crippen molar-refractivity contribution in [3.63, 3.8) is 0 Å². The molecule has 11 nitrogen and oxygen atoms in total. The molecule has 3 amide bonds. The Hall–Kier alpha value is -4.32. The van der Waals surface area contributed by atoms with Crippen molar-refractivity contribution in [1.82, 2.24) is 30.5 Å². The van der Waals surface area contributed by atoms with Crippen molar-refractivity contribution in [2.24, 2.45) is 0 Å². The molecule has 38 heavy (non-hydrogen) atoms. The minimum atomic E-state index is -0.588. The van der Waals surface area contributed by atoms with Crippen LogP contribution in [0.5, 0.6) is 0 Å². The number of benzene rings is 1. The van der Waals surface area contributed by atoms with Gasteiger partial charge in [-0.15, -0.1) is 0 Å². The summed E-state index contributed by atoms with van der Waals surface area (Å²) in [4.78, 5) is 40.9. The highest BCUT2D eigenvalue weighted by Gasteiger charge is 2.26. The van der Waals surface area contributed by atoms with Gasteiger partial charge in [-0.3, -0.25) is 19.7 Å². The summed E-state index contributed by atoms with van der Waals surface area (Å²) >= 11 is 0. The molecule has 4 heterocycles. The summed E-state index contributed by atoms with van der Waals surface area (Å²) in [5.74, 6) is -0.676. The quantitative estimate of drug-likeness (QED) is 0.237. The number of carbonyl (C=O) groups is 3. The van der Waals surface area contributed by atoms with Gasteiger partial charge in [-0.25, -0.2) is 9.37 Å². The second-order valence-corrected chi connectivity index (χ2v) is 9.84. The lowest BCUT2D eigenvalue weighted by atomic mass is 10.1. The summed E-state index contributed by atoms with van der Waals surface area (Å²) in [5, 5.41) is 19.3. The largest absolute Gasteiger partial charge is 0.367 e. The highest BCUT2D eigenvalue weighted by Crippen LogP contribution is 2.29. The highest BCUT2D eigenvalue weighted by molar-refractivity contribution is 6.15. The monoisotopic (exact) mass is 518 g/mol. The zero-order valence-electron chi connectivity index (χ0n) is 20.5. The van der Waals surface area contributed by atoms with Gasteiger partial charge in [0.25, 0.3) is 11.8 Å². The number of nitrogens with one attached hydrogen (secondary N) is 5. The molecule has 0 spiro atoms. The third kappa shape index (κ3) is 5.07. The molecule has 2 aliphatic heterocycles. The van der Waals surface area contributed by atoms with Crippen molar-refractivity contribution in [2.75, 3.05) is 23.7 Å². The molecule has 3 fully saturated rings. The van der Waals surface area contributed by atoms with Crippen LogP contribution in [0.2, 0.25) is 0 Å². The first kappa shape index (κ1) is 24.0. The maximum absolute atomic E-state index is 15.1. The predicted molar refractivity (Wildman–Crippen MR) is 138 cm³/mol. The normalized spacial score (nSPS) is 20.6. The minimum Gasteiger partial charge on any atom is -0.367 e. The van der Waals surface area contributed by atoms with Crippen LogP contribution in [-0.2, 0) is 9.59 Å². The molecule has 196 valence electrons. The number of aromatic nitrogens is 3. The van der Waals surface area contributed by atoms with E-state index in [2.05, 4.69) is 36.7 Å². The lowest BCUT2D eigenvalue weighted by Crippen LogP contribution is -2.45. The molecule has 2 saturated heterocycles. The van der Waals surface area contributed by atoms with E-state index in [9.17, 15) is 14.4 Å². The molecule has 0 bridgehead atoms. The fraction of sp³-hybridized carbons (Fsp3) is 0.346. The molecule has 1 aromatic carbocycles. The van der Waals surface area contributed by atoms with Crippen LogP contribution in [0.4, 0.5) is 21.7 Å². The van der Waals surface area contributed by atoms with Crippen molar-refractivity contribution < 1.29 is 18.8 Å². The topological polar surface area (TPSA) is 142 Å². The van der Waals surface area contributed by atoms with E-state index >= 15 is 4.39 Å². The van der Waals surface area contributed by atoms with Gasteiger partial charge in [0, 0.05) is 41.4 Å². The summed E-state index contributed by atoms with van der Waals surface area (Å²) in [6.45, 7) is 1.64. The van der Waals surface area contributed by atoms with E-state index < -0.39 is 11.7 Å². The van der Waals surface area contributed by atoms with Crippen molar-refractivity contribution in [3.05, 3.63) is 53.0 Å². The lowest BCUT2D eigenvalue weighted by molar-refractivity contribution is -0.124. The van der Waals surface area contributed by atoms with Crippen LogP contribution in [0.25, 0.3) is 11.7 Å². The molecular weight excluding hydrogens is 491 g/mol. The van der Waals surface area contributed by atoms with Crippen LogP contribution >= 0.6 is 0 Å². The average Bonchev–Trinajstić information content (AvgIpc) is 3.54. The van der Waals surface area contributed by atoms with Crippen molar-refractivity contribution in [3.8, 4) is 0 Å². The van der Waals surface area contributed by atoms with Crippen LogP contribution in [0.3, 0.4) is 0 Å². The van der Waals surface area contributed by atoms with Gasteiger partial charge in [-0.05, 0) is 56.5 Å². The van der Waals surface area contributed by atoms with Gasteiger partial charge in [0.15, 0.2) is 5.65 Å². The van der Waals surface area contributed by atoms with Crippen LogP contribution in [0.1, 0.15) is 48.0 Å². The van der Waals surface area contributed by atoms with Crippen molar-refractivity contribution >= 4 is 46.8 Å². The fourth-order valence-corrected chi connectivity index (χ4v) is 4.63. The zero-order chi connectivity index (χ0) is 26.2. The Morgan fingerprint density at radius 3 is 2.74 bits per heavy atom. The van der Waals surface area contributed by atoms with E-state index in [0.29, 0.717) is 41.0 Å². The van der Waals surface area contributed by atoms with Crippen LogP contribution in [0, 0.1) is 5.82 Å². The van der Waals surface area contributed by atoms with Gasteiger partial charge in [0.05, 0.1) is 18.3 Å². The van der Waals surface area contributed by atoms with Crippen LogP contribution in [-0.4, -0.2) is 57.5 Å². The first-order chi connectivity index (χ1) is 18.4. The molecular formula is C26H27FN8O3. The Labute approximate surface area is 217 Å². The SMILES string of the molecule is O=C1C/C(=C\c2cnn3c(NC4CC4)cc(Nc4ccc(C(=O)NC5CCCNC5)cc4F)nc23)C(=O)N1. The molecule has 1 atom stereocenters. The molecule has 2 aromatic heterocycles. The third-order valence-electron chi connectivity index (χ3n) is 6.78. The zero-order valence-corrected chi connectivity index (χ0v) is 20.5. The highest BCUT2D eigenvalue weighted by atomic mass is 19.1. The summed E-state index contributed by atoms with van der Waals surface area (Å²) in [6.07, 6.45) is 7.09. The summed E-state index contributed by atoms with van der Waals surface area (Å²) in [7, 11) is 0. The van der Waals surface area contributed by atoms with Crippen molar-refractivity contribution in [2.45, 2.75) is 44.2 Å². The first-order valence-corrected chi connectivity index (χ1v) is 12.7. The minimum absolute atomic E-state index is 0.0102. The third-order valence-corrected chi connectivity index (χ3v) is 6.78. The Morgan fingerprint density at radius 1 is 1.16 bits per heavy atom. The number of anilines is 3. The van der Waals surface area contributed by atoms with Crippen LogP contribution < -0.4 is 26.6 Å². The predicted octanol–water partition coefficient (Wildman–Crippen LogP) is 2.10. The van der Waals surface area contributed by atoms with Crippen molar-refractivity contribution in [1.29, 1.82) is 0 Å². The first-order valence-electron chi connectivity index (χ1n) is 12.7. The molecule has 1 unspecified atom stereocenters. The summed E-state index contributed by atoms with van der Waals surface area (Å²) in [5.41, 5.74) is 1.72. The number of carbonyl (C=O) groups excluding carboxylic acids is 3. The summed E-state index contributed by atoms with van der Waals surface area (Å²) < 4.78 is 16.7. The van der Waals surface area contributed by atoms with E-state index in [4.69, 9.17) is 0 Å². The maximum atomic E-state index is 15.1. The average molecular weight is 519 g/mol. The Morgan fingerprint density at radius 2 is 2.03 bits per heavy atom. The fourth-order valence-electron chi connectivity index (χ4n) is 4.63. The number of imide groups is 1. The number of rotatable bonds is 7. The van der Waals surface area contributed by atoms with E-state index in [-0.39, 0.29) is 35.5 Å². The van der Waals surface area contributed by atoms with Gasteiger partial charge in [-0.1, -0.05) is 0 Å². The number of fused-ring (bicyclic) bond motifs is 1. The van der Waals surface area contributed by atoms with Gasteiger partial charge in [0.1, 0.15) is 17.5 Å². The van der Waals surface area contributed by atoms with E-state index in [1.807, 2.05) is 0 Å². The number of piperidine rings is 1. The molecule has 1 aliphatic carbocycles. The standard InChI is InChI=1S/C26H27FN8O3/c27-19-9-14(25(37)31-18-2-1-7-28-13-18)3-6-20(19)32-21-11-22(30-17-4-5-17)35-24(33-21)16(12-29-35)8-15-10-23(36)34-26(15)38/h3,6,8-9,11-12,17-18,28,30H,1-2,4-5,7,10,13H2,(H,31,37)(H,32,33)(H,34,36,38)/b15-8+. The number of nitrogens with zero attached hydrogens (tertiary/aromatic N) is 3. The maximum Gasteiger partial charge on any atom is 0.254 e. The second-order valence-electron chi connectivity index (χ2n) is 9.84. The smallest absolute Gasteiger partial charge is 0.254 e. The van der Waals surface area contributed by atoms with E-state index in [0.717, 1.165) is 32.2 Å². The van der Waals surface area contributed by atoms with Gasteiger partial charge in [0.2, 0.25) is 5.91 Å². The Balaban J connectivity index is 1.27. The molecule has 6 rings (SSSR count). The van der Waals surface area contributed by atoms with Gasteiger partial charge >= 0.3 is 0 Å². The number of hydrogen-bond acceptors (Lipinski definition) is 8. The van der Waals surface area contributed by atoms with Crippen LogP contribution in [0.15, 0.2) is 36.0 Å². The molecule has 0 radical (unpaired) electrons. The van der Waals surface area contributed by atoms with E-state index in [1.54, 1.807) is 28.9 Å². The number of halogens is 1. The van der Waals surface area contributed by atoms with E-state index in [1.165, 1.54) is 12.1 Å². The lowest BCUT2D eigenvalue weighted by Gasteiger charge is -2.23. The molecule has 1 saturated carbocycles. The second kappa shape index (κ2) is 9.86. The molecule has 5 N–H and O–H groups in total. The Bertz CT molecular complexity index is 1470.